The Kier molecular flexibility index (Phi) is 6.16. The standard InChI is InChI=1S/C28H31N5O/c1-28(2,34)21-14-15-26(29-18-21)30-22-11-8-16-33(19-22)27-24-13-7-6-12-23(24)25(31-32-27)17-20-9-4-3-5-10-20/h3-7,9-10,12-15,18,22,34H,8,11,16-17,19H2,1-2H3,(H,29,30). The van der Waals surface area contributed by atoms with E-state index in [4.69, 9.17) is 5.10 Å². The summed E-state index contributed by atoms with van der Waals surface area (Å²) in [5.41, 5.74) is 2.16. The third kappa shape index (κ3) is 4.87. The van der Waals surface area contributed by atoms with Gasteiger partial charge >= 0.3 is 0 Å². The van der Waals surface area contributed by atoms with Gasteiger partial charge in [-0.1, -0.05) is 60.7 Å². The molecule has 174 valence electrons. The lowest BCUT2D eigenvalue weighted by atomic mass is 10.0. The molecule has 2 aromatic heterocycles. The molecule has 1 unspecified atom stereocenters. The molecule has 0 amide bonds. The van der Waals surface area contributed by atoms with E-state index >= 15 is 0 Å². The van der Waals surface area contributed by atoms with Gasteiger partial charge in [-0.2, -0.15) is 5.10 Å². The van der Waals surface area contributed by atoms with Gasteiger partial charge in [-0.15, -0.1) is 5.10 Å². The molecule has 1 fully saturated rings. The minimum Gasteiger partial charge on any atom is -0.386 e. The smallest absolute Gasteiger partial charge is 0.159 e. The first-order chi connectivity index (χ1) is 16.5. The minimum absolute atomic E-state index is 0.263. The van der Waals surface area contributed by atoms with Gasteiger partial charge in [0, 0.05) is 48.1 Å². The van der Waals surface area contributed by atoms with Gasteiger partial charge in [0.05, 0.1) is 11.3 Å². The van der Waals surface area contributed by atoms with E-state index in [1.807, 2.05) is 18.2 Å². The van der Waals surface area contributed by atoms with Crippen LogP contribution in [0.5, 0.6) is 0 Å². The molecule has 0 spiro atoms. The molecule has 34 heavy (non-hydrogen) atoms. The molecule has 3 heterocycles. The lowest BCUT2D eigenvalue weighted by Gasteiger charge is -2.34. The first kappa shape index (κ1) is 22.3. The van der Waals surface area contributed by atoms with E-state index in [0.29, 0.717) is 0 Å². The van der Waals surface area contributed by atoms with Gasteiger partial charge in [0.2, 0.25) is 0 Å². The average Bonchev–Trinajstić information content (AvgIpc) is 2.85. The van der Waals surface area contributed by atoms with Crippen LogP contribution in [-0.2, 0) is 12.0 Å². The van der Waals surface area contributed by atoms with Gasteiger partial charge in [0.1, 0.15) is 5.82 Å². The first-order valence-corrected chi connectivity index (χ1v) is 12.0. The number of hydrogen-bond donors (Lipinski definition) is 2. The second-order valence-electron chi connectivity index (χ2n) is 9.60. The number of aromatic nitrogens is 3. The van der Waals surface area contributed by atoms with Crippen LogP contribution in [0.2, 0.25) is 0 Å². The Hall–Kier alpha value is -3.51. The molecule has 4 aromatic rings. The molecule has 0 aliphatic carbocycles. The van der Waals surface area contributed by atoms with Crippen LogP contribution >= 0.6 is 0 Å². The lowest BCUT2D eigenvalue weighted by molar-refractivity contribution is 0.0782. The Morgan fingerprint density at radius 3 is 2.47 bits per heavy atom. The van der Waals surface area contributed by atoms with Crippen molar-refractivity contribution < 1.29 is 5.11 Å². The van der Waals surface area contributed by atoms with Crippen LogP contribution in [0.1, 0.15) is 43.5 Å². The summed E-state index contributed by atoms with van der Waals surface area (Å²) in [6.07, 6.45) is 4.66. The fraction of sp³-hybridized carbons (Fsp3) is 0.321. The summed E-state index contributed by atoms with van der Waals surface area (Å²) in [6, 6.07) is 23.0. The number of nitrogens with zero attached hydrogens (tertiary/aromatic N) is 4. The van der Waals surface area contributed by atoms with Crippen molar-refractivity contribution in [2.75, 3.05) is 23.3 Å². The highest BCUT2D eigenvalue weighted by atomic mass is 16.3. The molecule has 0 radical (unpaired) electrons. The molecule has 6 heteroatoms. The van der Waals surface area contributed by atoms with Gasteiger partial charge < -0.3 is 15.3 Å². The second kappa shape index (κ2) is 9.39. The predicted molar refractivity (Wildman–Crippen MR) is 137 cm³/mol. The van der Waals surface area contributed by atoms with E-state index in [9.17, 15) is 5.11 Å². The molecule has 2 aromatic carbocycles. The Morgan fingerprint density at radius 2 is 1.74 bits per heavy atom. The maximum absolute atomic E-state index is 10.2. The monoisotopic (exact) mass is 453 g/mol. The van der Waals surface area contributed by atoms with E-state index in [-0.39, 0.29) is 6.04 Å². The SMILES string of the molecule is CC(C)(O)c1ccc(NC2CCCN(c3nnc(Cc4ccccc4)c4ccccc34)C2)nc1. The molecule has 6 nitrogen and oxygen atoms in total. The average molecular weight is 454 g/mol. The summed E-state index contributed by atoms with van der Waals surface area (Å²) in [6.45, 7) is 5.34. The fourth-order valence-electron chi connectivity index (χ4n) is 4.64. The quantitative estimate of drug-likeness (QED) is 0.432. The third-order valence-corrected chi connectivity index (χ3v) is 6.50. The summed E-state index contributed by atoms with van der Waals surface area (Å²) in [4.78, 5) is 6.86. The van der Waals surface area contributed by atoms with Crippen molar-refractivity contribution in [1.29, 1.82) is 0 Å². The molecule has 0 bridgehead atoms. The maximum Gasteiger partial charge on any atom is 0.159 e. The second-order valence-corrected chi connectivity index (χ2v) is 9.60. The number of aliphatic hydroxyl groups is 1. The van der Waals surface area contributed by atoms with E-state index in [1.165, 1.54) is 5.56 Å². The Morgan fingerprint density at radius 1 is 0.971 bits per heavy atom. The number of rotatable bonds is 6. The summed E-state index contributed by atoms with van der Waals surface area (Å²) in [7, 11) is 0. The van der Waals surface area contributed by atoms with E-state index in [1.54, 1.807) is 20.0 Å². The number of nitrogens with one attached hydrogen (secondary N) is 1. The topological polar surface area (TPSA) is 74.2 Å². The van der Waals surface area contributed by atoms with Crippen molar-refractivity contribution >= 4 is 22.4 Å². The van der Waals surface area contributed by atoms with Gasteiger partial charge in [-0.25, -0.2) is 4.98 Å². The highest BCUT2D eigenvalue weighted by Crippen LogP contribution is 2.29. The first-order valence-electron chi connectivity index (χ1n) is 12.0. The van der Waals surface area contributed by atoms with Crippen molar-refractivity contribution in [3.8, 4) is 0 Å². The van der Waals surface area contributed by atoms with Crippen molar-refractivity contribution in [2.24, 2.45) is 0 Å². The molecule has 1 saturated heterocycles. The van der Waals surface area contributed by atoms with Crippen molar-refractivity contribution in [1.82, 2.24) is 15.2 Å². The van der Waals surface area contributed by atoms with Gasteiger partial charge in [0.25, 0.3) is 0 Å². The molecule has 2 N–H and O–H groups in total. The summed E-state index contributed by atoms with van der Waals surface area (Å²) >= 11 is 0. The van der Waals surface area contributed by atoms with Crippen LogP contribution in [0.4, 0.5) is 11.6 Å². The number of hydrogen-bond acceptors (Lipinski definition) is 6. The number of anilines is 2. The Balaban J connectivity index is 1.36. The fourth-order valence-corrected chi connectivity index (χ4v) is 4.64. The number of pyridine rings is 1. The maximum atomic E-state index is 10.2. The summed E-state index contributed by atoms with van der Waals surface area (Å²) in [5.74, 6) is 1.78. The summed E-state index contributed by atoms with van der Waals surface area (Å²) < 4.78 is 0. The van der Waals surface area contributed by atoms with Crippen LogP contribution in [0.25, 0.3) is 10.8 Å². The van der Waals surface area contributed by atoms with Gasteiger partial charge in [-0.3, -0.25) is 0 Å². The van der Waals surface area contributed by atoms with Crippen molar-refractivity contribution in [3.63, 3.8) is 0 Å². The number of benzene rings is 2. The molecule has 1 atom stereocenters. The van der Waals surface area contributed by atoms with Crippen LogP contribution in [0.3, 0.4) is 0 Å². The Bertz CT molecular complexity index is 1250. The van der Waals surface area contributed by atoms with Crippen molar-refractivity contribution in [2.45, 2.75) is 44.8 Å². The third-order valence-electron chi connectivity index (χ3n) is 6.50. The van der Waals surface area contributed by atoms with Gasteiger partial charge in [0.15, 0.2) is 5.82 Å². The molecule has 1 aliphatic rings. The highest BCUT2D eigenvalue weighted by Gasteiger charge is 2.24. The van der Waals surface area contributed by atoms with Crippen molar-refractivity contribution in [3.05, 3.63) is 89.7 Å². The van der Waals surface area contributed by atoms with Crippen LogP contribution in [0.15, 0.2) is 72.9 Å². The van der Waals surface area contributed by atoms with Gasteiger partial charge in [-0.05, 0) is 38.3 Å². The zero-order valence-corrected chi connectivity index (χ0v) is 19.8. The molecule has 0 saturated carbocycles. The largest absolute Gasteiger partial charge is 0.386 e. The number of fused-ring (bicyclic) bond motifs is 1. The molecule has 1 aliphatic heterocycles. The zero-order valence-electron chi connectivity index (χ0n) is 19.8. The highest BCUT2D eigenvalue weighted by molar-refractivity contribution is 5.93. The minimum atomic E-state index is -0.889. The normalized spacial score (nSPS) is 16.6. The lowest BCUT2D eigenvalue weighted by Crippen LogP contribution is -2.42. The summed E-state index contributed by atoms with van der Waals surface area (Å²) in [5, 5.41) is 25.4. The molecular formula is C28H31N5O. The Labute approximate surface area is 200 Å². The molecular weight excluding hydrogens is 422 g/mol. The van der Waals surface area contributed by atoms with E-state index in [2.05, 4.69) is 68.8 Å². The van der Waals surface area contributed by atoms with E-state index < -0.39 is 5.60 Å². The van der Waals surface area contributed by atoms with Crippen LogP contribution in [0, 0.1) is 0 Å². The zero-order chi connectivity index (χ0) is 23.5. The number of piperidine rings is 1. The van der Waals surface area contributed by atoms with Crippen LogP contribution in [-0.4, -0.2) is 39.4 Å². The van der Waals surface area contributed by atoms with Crippen LogP contribution < -0.4 is 10.2 Å². The molecule has 5 rings (SSSR count). The predicted octanol–water partition coefficient (Wildman–Crippen LogP) is 4.92. The van der Waals surface area contributed by atoms with E-state index in [0.717, 1.165) is 66.0 Å².